The van der Waals surface area contributed by atoms with Gasteiger partial charge in [-0.05, 0) is 48.5 Å². The van der Waals surface area contributed by atoms with Gasteiger partial charge in [-0.25, -0.2) is 21.5 Å². The van der Waals surface area contributed by atoms with Gasteiger partial charge in [-0.2, -0.15) is 0 Å². The molecule has 0 saturated carbocycles. The molecule has 0 spiro atoms. The molecular formula is C13H9F2NO2S2. The first-order valence-electron chi connectivity index (χ1n) is 5.46. The quantitative estimate of drug-likeness (QED) is 0.814. The van der Waals surface area contributed by atoms with E-state index in [2.05, 4.69) is 0 Å². The van der Waals surface area contributed by atoms with Gasteiger partial charge in [0.1, 0.15) is 11.6 Å². The molecule has 0 radical (unpaired) electrons. The van der Waals surface area contributed by atoms with E-state index in [0.717, 1.165) is 46.2 Å². The van der Waals surface area contributed by atoms with Crippen LogP contribution in [0.3, 0.4) is 0 Å². The fourth-order valence-corrected chi connectivity index (χ4v) is 3.25. The minimum atomic E-state index is -3.95. The lowest BCUT2D eigenvalue weighted by molar-refractivity contribution is 0.596. The molecule has 2 aromatic carbocycles. The van der Waals surface area contributed by atoms with E-state index < -0.39 is 21.7 Å². The average molecular weight is 313 g/mol. The molecule has 0 fully saturated rings. The van der Waals surface area contributed by atoms with Crippen molar-refractivity contribution in [1.29, 1.82) is 0 Å². The molecule has 0 saturated heterocycles. The van der Waals surface area contributed by atoms with Crippen LogP contribution in [0.2, 0.25) is 0 Å². The molecule has 3 nitrogen and oxygen atoms in total. The van der Waals surface area contributed by atoms with E-state index in [9.17, 15) is 17.2 Å². The highest BCUT2D eigenvalue weighted by Gasteiger charge is 2.23. The maximum Gasteiger partial charge on any atom is 0.268 e. The summed E-state index contributed by atoms with van der Waals surface area (Å²) in [6.45, 7) is 0. The lowest BCUT2D eigenvalue weighted by atomic mass is 10.3. The molecule has 0 amide bonds. The Labute approximate surface area is 120 Å². The first-order valence-corrected chi connectivity index (χ1v) is 7.37. The summed E-state index contributed by atoms with van der Waals surface area (Å²) in [6, 6.07) is 9.19. The van der Waals surface area contributed by atoms with Crippen LogP contribution in [0, 0.1) is 11.6 Å². The van der Waals surface area contributed by atoms with Crippen molar-refractivity contribution in [2.24, 2.45) is 0 Å². The van der Waals surface area contributed by atoms with E-state index in [-0.39, 0.29) is 10.6 Å². The fraction of sp³-hybridized carbons (Fsp3) is 0. The summed E-state index contributed by atoms with van der Waals surface area (Å²) in [4.78, 5) is -0.107. The van der Waals surface area contributed by atoms with Crippen LogP contribution in [-0.2, 0) is 10.0 Å². The highest BCUT2D eigenvalue weighted by atomic mass is 32.2. The van der Waals surface area contributed by atoms with Crippen molar-refractivity contribution in [3.8, 4) is 0 Å². The summed E-state index contributed by atoms with van der Waals surface area (Å²) in [5.74, 6) is -1.03. The molecular weight excluding hydrogens is 304 g/mol. The molecule has 0 aliphatic carbocycles. The molecule has 104 valence electrons. The third-order valence-electron chi connectivity index (χ3n) is 2.55. The second-order valence-electron chi connectivity index (χ2n) is 3.84. The van der Waals surface area contributed by atoms with Crippen LogP contribution in [0.5, 0.6) is 0 Å². The molecule has 0 heterocycles. The Morgan fingerprint density at radius 1 is 0.900 bits per heavy atom. The predicted octanol–water partition coefficient (Wildman–Crippen LogP) is 3.12. The van der Waals surface area contributed by atoms with Crippen LogP contribution in [0.25, 0.3) is 0 Å². The van der Waals surface area contributed by atoms with Gasteiger partial charge in [0, 0.05) is 0 Å². The zero-order chi connectivity index (χ0) is 14.8. The van der Waals surface area contributed by atoms with Crippen molar-refractivity contribution in [1.82, 2.24) is 0 Å². The molecule has 20 heavy (non-hydrogen) atoms. The monoisotopic (exact) mass is 313 g/mol. The summed E-state index contributed by atoms with van der Waals surface area (Å²) in [6.07, 6.45) is 0. The van der Waals surface area contributed by atoms with E-state index in [4.69, 9.17) is 12.2 Å². The van der Waals surface area contributed by atoms with Gasteiger partial charge < -0.3 is 0 Å². The smallest absolute Gasteiger partial charge is 0.231 e. The summed E-state index contributed by atoms with van der Waals surface area (Å²) in [5.41, 5.74) is 1.14. The van der Waals surface area contributed by atoms with E-state index in [1.165, 1.54) is 12.1 Å². The van der Waals surface area contributed by atoms with Crippen LogP contribution in [0.1, 0.15) is 0 Å². The zero-order valence-electron chi connectivity index (χ0n) is 10.0. The zero-order valence-corrected chi connectivity index (χ0v) is 11.7. The van der Waals surface area contributed by atoms with Crippen LogP contribution < -0.4 is 4.31 Å². The highest BCUT2D eigenvalue weighted by molar-refractivity contribution is 7.95. The van der Waals surface area contributed by atoms with Gasteiger partial charge in [-0.3, -0.25) is 0 Å². The SMILES string of the molecule is O=S(=O)(c1ccc(F)cc1)N(C=S)c1ccc(F)cc1. The number of halogens is 2. The molecule has 0 N–H and O–H groups in total. The Morgan fingerprint density at radius 2 is 1.35 bits per heavy atom. The van der Waals surface area contributed by atoms with E-state index in [1.54, 1.807) is 0 Å². The van der Waals surface area contributed by atoms with Crippen molar-refractivity contribution in [3.63, 3.8) is 0 Å². The fourth-order valence-electron chi connectivity index (χ4n) is 1.56. The lowest BCUT2D eigenvalue weighted by Gasteiger charge is -2.19. The number of nitrogens with zero attached hydrogens (tertiary/aromatic N) is 1. The van der Waals surface area contributed by atoms with Gasteiger partial charge in [0.2, 0.25) is 0 Å². The Hall–Kier alpha value is -1.86. The first-order chi connectivity index (χ1) is 9.45. The van der Waals surface area contributed by atoms with Crippen molar-refractivity contribution in [2.45, 2.75) is 4.90 Å². The van der Waals surface area contributed by atoms with Crippen molar-refractivity contribution in [3.05, 3.63) is 60.2 Å². The Balaban J connectivity index is 2.47. The summed E-state index contributed by atoms with van der Waals surface area (Å²) in [5, 5.41) is 0. The molecule has 2 rings (SSSR count). The summed E-state index contributed by atoms with van der Waals surface area (Å²) in [7, 11) is -3.95. The van der Waals surface area contributed by atoms with Gasteiger partial charge in [0.25, 0.3) is 10.0 Å². The largest absolute Gasteiger partial charge is 0.268 e. The Kier molecular flexibility index (Phi) is 4.10. The topological polar surface area (TPSA) is 37.4 Å². The lowest BCUT2D eigenvalue weighted by Crippen LogP contribution is -2.28. The molecule has 0 atom stereocenters. The third kappa shape index (κ3) is 2.83. The summed E-state index contributed by atoms with van der Waals surface area (Å²) < 4.78 is 51.3. The van der Waals surface area contributed by atoms with Gasteiger partial charge in [-0.1, -0.05) is 12.2 Å². The van der Waals surface area contributed by atoms with Crippen molar-refractivity contribution >= 4 is 33.4 Å². The number of benzene rings is 2. The van der Waals surface area contributed by atoms with Crippen LogP contribution in [0.15, 0.2) is 53.4 Å². The molecule has 0 bridgehead atoms. The van der Waals surface area contributed by atoms with Crippen LogP contribution >= 0.6 is 12.2 Å². The van der Waals surface area contributed by atoms with Crippen molar-refractivity contribution < 1.29 is 17.2 Å². The number of anilines is 1. The Bertz CT molecular complexity index is 713. The number of sulfonamides is 1. The van der Waals surface area contributed by atoms with E-state index >= 15 is 0 Å². The van der Waals surface area contributed by atoms with Crippen molar-refractivity contribution in [2.75, 3.05) is 4.31 Å². The van der Waals surface area contributed by atoms with Gasteiger partial charge in [-0.15, -0.1) is 0 Å². The third-order valence-corrected chi connectivity index (χ3v) is 4.59. The number of rotatable bonds is 4. The maximum atomic E-state index is 12.9. The van der Waals surface area contributed by atoms with Gasteiger partial charge >= 0.3 is 0 Å². The molecule has 0 unspecified atom stereocenters. The molecule has 0 aromatic heterocycles. The predicted molar refractivity (Wildman–Crippen MR) is 76.1 cm³/mol. The molecule has 0 aliphatic rings. The van der Waals surface area contributed by atoms with E-state index in [0.29, 0.717) is 0 Å². The van der Waals surface area contributed by atoms with Gasteiger partial charge in [0.05, 0.1) is 16.1 Å². The maximum absolute atomic E-state index is 12.9. The molecule has 2 aromatic rings. The normalized spacial score (nSPS) is 11.1. The second kappa shape index (κ2) is 5.64. The molecule has 0 aliphatic heterocycles. The Morgan fingerprint density at radius 3 is 1.80 bits per heavy atom. The number of thiocarbonyl (C=S) groups is 1. The second-order valence-corrected chi connectivity index (χ2v) is 5.86. The highest BCUT2D eigenvalue weighted by Crippen LogP contribution is 2.22. The van der Waals surface area contributed by atoms with Gasteiger partial charge in [0.15, 0.2) is 0 Å². The van der Waals surface area contributed by atoms with Crippen LogP contribution in [0.4, 0.5) is 14.5 Å². The average Bonchev–Trinajstić information content (AvgIpc) is 2.42. The minimum absolute atomic E-state index is 0.107. The number of hydrogen-bond acceptors (Lipinski definition) is 3. The standard InChI is InChI=1S/C13H9F2NO2S2/c14-10-1-5-12(6-2-10)16(9-19)20(17,18)13-7-3-11(15)4-8-13/h1-9H. The molecule has 7 heteroatoms. The van der Waals surface area contributed by atoms with Crippen LogP contribution in [-0.4, -0.2) is 13.9 Å². The minimum Gasteiger partial charge on any atom is -0.231 e. The first kappa shape index (κ1) is 14.5. The van der Waals surface area contributed by atoms with E-state index in [1.807, 2.05) is 0 Å². The number of hydrogen-bond donors (Lipinski definition) is 0. The summed E-state index contributed by atoms with van der Waals surface area (Å²) >= 11 is 4.72.